The highest BCUT2D eigenvalue weighted by atomic mass is 35.5. The van der Waals surface area contributed by atoms with Crippen LogP contribution in [0.15, 0.2) is 18.2 Å². The molecule has 1 aliphatic heterocycles. The monoisotopic (exact) mass is 297 g/mol. The van der Waals surface area contributed by atoms with E-state index in [-0.39, 0.29) is 28.6 Å². The van der Waals surface area contributed by atoms with E-state index in [0.29, 0.717) is 6.54 Å². The number of nitrogens with zero attached hydrogens (tertiary/aromatic N) is 1. The topological polar surface area (TPSA) is 3.24 Å². The predicted molar refractivity (Wildman–Crippen MR) is 66.3 cm³/mol. The molecule has 100 valence electrons. The molecule has 0 aliphatic carbocycles. The number of hydrogen-bond acceptors (Lipinski definition) is 1. The van der Waals surface area contributed by atoms with Crippen molar-refractivity contribution in [1.82, 2.24) is 4.90 Å². The molecule has 1 aliphatic rings. The van der Waals surface area contributed by atoms with Crippen LogP contribution >= 0.6 is 23.2 Å². The molecule has 0 saturated carbocycles. The van der Waals surface area contributed by atoms with Crippen LogP contribution in [0.25, 0.3) is 0 Å². The summed E-state index contributed by atoms with van der Waals surface area (Å²) in [5.74, 6) is 0. The fourth-order valence-electron chi connectivity index (χ4n) is 2.46. The molecule has 1 heterocycles. The van der Waals surface area contributed by atoms with Crippen molar-refractivity contribution in [3.05, 3.63) is 33.8 Å². The van der Waals surface area contributed by atoms with Crippen molar-refractivity contribution >= 4 is 23.2 Å². The van der Waals surface area contributed by atoms with Crippen LogP contribution < -0.4 is 0 Å². The van der Waals surface area contributed by atoms with Gasteiger partial charge in [0.05, 0.1) is 0 Å². The number of benzene rings is 1. The van der Waals surface area contributed by atoms with Crippen molar-refractivity contribution in [3.8, 4) is 0 Å². The maximum atomic E-state index is 13.4. The summed E-state index contributed by atoms with van der Waals surface area (Å²) < 4.78 is 40.3. The molecule has 0 unspecified atom stereocenters. The maximum Gasteiger partial charge on any atom is 0.399 e. The number of rotatable bonds is 1. The van der Waals surface area contributed by atoms with E-state index in [2.05, 4.69) is 0 Å². The van der Waals surface area contributed by atoms with E-state index in [4.69, 9.17) is 23.2 Å². The molecule has 0 aromatic heterocycles. The molecule has 6 heteroatoms. The maximum absolute atomic E-state index is 13.4. The second kappa shape index (κ2) is 4.58. The van der Waals surface area contributed by atoms with Crippen molar-refractivity contribution in [3.63, 3.8) is 0 Å². The van der Waals surface area contributed by atoms with Gasteiger partial charge in [0.1, 0.15) is 5.41 Å². The first-order valence-corrected chi connectivity index (χ1v) is 6.22. The molecule has 0 spiro atoms. The number of hydrogen-bond donors (Lipinski definition) is 0. The molecule has 1 fully saturated rings. The van der Waals surface area contributed by atoms with Crippen molar-refractivity contribution in [2.75, 3.05) is 20.1 Å². The summed E-state index contributed by atoms with van der Waals surface area (Å²) in [6, 6.07) is 4.16. The van der Waals surface area contributed by atoms with E-state index >= 15 is 0 Å². The minimum absolute atomic E-state index is 0.0314. The Kier molecular flexibility index (Phi) is 3.56. The molecule has 1 atom stereocenters. The first kappa shape index (κ1) is 14.0. The van der Waals surface area contributed by atoms with Gasteiger partial charge < -0.3 is 4.90 Å². The number of likely N-dealkylation sites (tertiary alicyclic amines) is 1. The highest BCUT2D eigenvalue weighted by Crippen LogP contribution is 2.48. The Morgan fingerprint density at radius 3 is 2.11 bits per heavy atom. The van der Waals surface area contributed by atoms with Crippen molar-refractivity contribution < 1.29 is 13.2 Å². The second-order valence-corrected chi connectivity index (χ2v) is 5.60. The minimum Gasteiger partial charge on any atom is -0.305 e. The SMILES string of the molecule is CN1CC[C@](c2cc(Cl)cc(Cl)c2)(C(F)(F)F)C1. The summed E-state index contributed by atoms with van der Waals surface area (Å²) in [5.41, 5.74) is -1.71. The largest absolute Gasteiger partial charge is 0.399 e. The summed E-state index contributed by atoms with van der Waals surface area (Å²) in [4.78, 5) is 1.67. The lowest BCUT2D eigenvalue weighted by atomic mass is 9.79. The van der Waals surface area contributed by atoms with E-state index in [0.717, 1.165) is 0 Å². The van der Waals surface area contributed by atoms with Crippen LogP contribution in [0.2, 0.25) is 10.0 Å². The van der Waals surface area contributed by atoms with E-state index in [1.807, 2.05) is 0 Å². The molecule has 0 amide bonds. The average Bonchev–Trinajstić information content (AvgIpc) is 2.59. The average molecular weight is 298 g/mol. The predicted octanol–water partition coefficient (Wildman–Crippen LogP) is 4.13. The summed E-state index contributed by atoms with van der Waals surface area (Å²) >= 11 is 11.6. The number of alkyl halides is 3. The normalized spacial score (nSPS) is 25.7. The molecular weight excluding hydrogens is 286 g/mol. The number of halogens is 5. The molecule has 2 rings (SSSR count). The molecule has 0 radical (unpaired) electrons. The first-order valence-electron chi connectivity index (χ1n) is 5.46. The highest BCUT2D eigenvalue weighted by molar-refractivity contribution is 6.34. The van der Waals surface area contributed by atoms with Crippen molar-refractivity contribution in [1.29, 1.82) is 0 Å². The van der Waals surface area contributed by atoms with Crippen LogP contribution in [0.5, 0.6) is 0 Å². The van der Waals surface area contributed by atoms with Gasteiger partial charge in [-0.3, -0.25) is 0 Å². The van der Waals surface area contributed by atoms with Gasteiger partial charge in [0.25, 0.3) is 0 Å². The van der Waals surface area contributed by atoms with Gasteiger partial charge >= 0.3 is 6.18 Å². The van der Waals surface area contributed by atoms with Gasteiger partial charge in [-0.1, -0.05) is 23.2 Å². The zero-order valence-electron chi connectivity index (χ0n) is 9.69. The molecule has 0 bridgehead atoms. The number of likely N-dealkylation sites (N-methyl/N-ethyl adjacent to an activating group) is 1. The van der Waals surface area contributed by atoms with E-state index in [1.165, 1.54) is 18.2 Å². The Hall–Kier alpha value is -0.450. The summed E-state index contributed by atoms with van der Waals surface area (Å²) in [6.45, 7) is 0.344. The van der Waals surface area contributed by atoms with Crippen LogP contribution in [0.3, 0.4) is 0 Å². The zero-order chi connectivity index (χ0) is 13.6. The van der Waals surface area contributed by atoms with Gasteiger partial charge in [-0.05, 0) is 43.8 Å². The highest BCUT2D eigenvalue weighted by Gasteiger charge is 2.58. The van der Waals surface area contributed by atoms with E-state index in [9.17, 15) is 13.2 Å². The lowest BCUT2D eigenvalue weighted by molar-refractivity contribution is -0.186. The van der Waals surface area contributed by atoms with Crippen LogP contribution in [-0.2, 0) is 5.41 Å². The lowest BCUT2D eigenvalue weighted by Crippen LogP contribution is -2.44. The molecule has 1 saturated heterocycles. The zero-order valence-corrected chi connectivity index (χ0v) is 11.2. The Morgan fingerprint density at radius 1 is 1.17 bits per heavy atom. The first-order chi connectivity index (χ1) is 8.24. The Bertz CT molecular complexity index is 441. The third kappa shape index (κ3) is 2.33. The second-order valence-electron chi connectivity index (χ2n) is 4.73. The minimum atomic E-state index is -4.31. The van der Waals surface area contributed by atoms with Crippen LogP contribution in [0.1, 0.15) is 12.0 Å². The molecule has 1 nitrogen and oxygen atoms in total. The van der Waals surface area contributed by atoms with Crippen LogP contribution in [0.4, 0.5) is 13.2 Å². The Balaban J connectivity index is 2.54. The summed E-state index contributed by atoms with van der Waals surface area (Å²) in [7, 11) is 1.68. The molecule has 18 heavy (non-hydrogen) atoms. The van der Waals surface area contributed by atoms with E-state index in [1.54, 1.807) is 11.9 Å². The Labute approximate surface area is 113 Å². The smallest absolute Gasteiger partial charge is 0.305 e. The summed E-state index contributed by atoms with van der Waals surface area (Å²) in [5, 5.41) is 0.464. The quantitative estimate of drug-likeness (QED) is 0.753. The van der Waals surface area contributed by atoms with Gasteiger partial charge in [0.2, 0.25) is 0 Å². The van der Waals surface area contributed by atoms with Gasteiger partial charge in [-0.15, -0.1) is 0 Å². The van der Waals surface area contributed by atoms with Gasteiger partial charge in [-0.25, -0.2) is 0 Å². The third-order valence-corrected chi connectivity index (χ3v) is 3.85. The standard InChI is InChI=1S/C12H12Cl2F3N/c1-18-3-2-11(7-18,12(15,16)17)8-4-9(13)6-10(14)5-8/h4-6H,2-3,7H2,1H3/t11-/m0/s1. The molecule has 0 N–H and O–H groups in total. The van der Waals surface area contributed by atoms with Crippen LogP contribution in [-0.4, -0.2) is 31.2 Å². The molecule has 1 aromatic rings. The fourth-order valence-corrected chi connectivity index (χ4v) is 2.99. The Morgan fingerprint density at radius 2 is 1.72 bits per heavy atom. The summed E-state index contributed by atoms with van der Waals surface area (Å²) in [6.07, 6.45) is -4.28. The molecule has 1 aromatic carbocycles. The molecular formula is C12H12Cl2F3N. The van der Waals surface area contributed by atoms with Crippen molar-refractivity contribution in [2.45, 2.75) is 18.0 Å². The van der Waals surface area contributed by atoms with Crippen molar-refractivity contribution in [2.24, 2.45) is 0 Å². The lowest BCUT2D eigenvalue weighted by Gasteiger charge is -2.32. The van der Waals surface area contributed by atoms with Gasteiger partial charge in [-0.2, -0.15) is 13.2 Å². The fraction of sp³-hybridized carbons (Fsp3) is 0.500. The van der Waals surface area contributed by atoms with E-state index < -0.39 is 11.6 Å². The van der Waals surface area contributed by atoms with Gasteiger partial charge in [0, 0.05) is 16.6 Å². The van der Waals surface area contributed by atoms with Crippen LogP contribution in [0, 0.1) is 0 Å². The van der Waals surface area contributed by atoms with Gasteiger partial charge in [0.15, 0.2) is 0 Å². The third-order valence-electron chi connectivity index (χ3n) is 3.42.